The van der Waals surface area contributed by atoms with E-state index in [4.69, 9.17) is 5.11 Å². The van der Waals surface area contributed by atoms with Gasteiger partial charge in [-0.15, -0.1) is 0 Å². The quantitative estimate of drug-likeness (QED) is 0.758. The van der Waals surface area contributed by atoms with Gasteiger partial charge in [0.1, 0.15) is 0 Å². The van der Waals surface area contributed by atoms with E-state index in [1.54, 1.807) is 0 Å². The minimum atomic E-state index is -0.659. The summed E-state index contributed by atoms with van der Waals surface area (Å²) >= 11 is 0. The number of aliphatic carboxylic acids is 1. The van der Waals surface area contributed by atoms with Crippen LogP contribution in [-0.2, 0) is 4.79 Å². The summed E-state index contributed by atoms with van der Waals surface area (Å²) in [6, 6.07) is 1.09. The second-order valence-corrected chi connectivity index (χ2v) is 7.69. The van der Waals surface area contributed by atoms with Crippen molar-refractivity contribution < 1.29 is 9.90 Å². The van der Waals surface area contributed by atoms with Crippen molar-refractivity contribution in [3.8, 4) is 0 Å². The first-order chi connectivity index (χ1) is 10.5. The SMILES string of the molecule is CC(C)N1CC(CCC(=O)O)CC(NCC2CCCCC2)C1. The summed E-state index contributed by atoms with van der Waals surface area (Å²) in [4.78, 5) is 13.4. The topological polar surface area (TPSA) is 52.6 Å². The predicted molar refractivity (Wildman–Crippen MR) is 90.1 cm³/mol. The van der Waals surface area contributed by atoms with E-state index >= 15 is 0 Å². The Morgan fingerprint density at radius 3 is 2.55 bits per heavy atom. The summed E-state index contributed by atoms with van der Waals surface area (Å²) in [5.74, 6) is 0.727. The van der Waals surface area contributed by atoms with Gasteiger partial charge in [-0.25, -0.2) is 0 Å². The van der Waals surface area contributed by atoms with E-state index in [1.165, 1.54) is 32.1 Å². The minimum absolute atomic E-state index is 0.311. The lowest BCUT2D eigenvalue weighted by molar-refractivity contribution is -0.137. The van der Waals surface area contributed by atoms with Gasteiger partial charge >= 0.3 is 5.97 Å². The van der Waals surface area contributed by atoms with Crippen molar-refractivity contribution in [2.24, 2.45) is 11.8 Å². The summed E-state index contributed by atoms with van der Waals surface area (Å²) in [6.07, 6.45) is 9.26. The Morgan fingerprint density at radius 1 is 1.18 bits per heavy atom. The summed E-state index contributed by atoms with van der Waals surface area (Å²) in [5, 5.41) is 12.7. The summed E-state index contributed by atoms with van der Waals surface area (Å²) in [6.45, 7) is 7.83. The highest BCUT2D eigenvalue weighted by Gasteiger charge is 2.29. The molecule has 0 spiro atoms. The normalized spacial score (nSPS) is 28.1. The maximum absolute atomic E-state index is 10.8. The molecule has 1 saturated heterocycles. The summed E-state index contributed by atoms with van der Waals surface area (Å²) < 4.78 is 0. The average Bonchev–Trinajstić information content (AvgIpc) is 2.52. The molecule has 1 aliphatic carbocycles. The van der Waals surface area contributed by atoms with Crippen molar-refractivity contribution in [1.82, 2.24) is 10.2 Å². The minimum Gasteiger partial charge on any atom is -0.481 e. The van der Waals surface area contributed by atoms with Gasteiger partial charge in [-0.3, -0.25) is 9.69 Å². The molecule has 0 bridgehead atoms. The van der Waals surface area contributed by atoms with Gasteiger partial charge in [-0.2, -0.15) is 0 Å². The molecule has 2 unspecified atom stereocenters. The maximum atomic E-state index is 10.8. The smallest absolute Gasteiger partial charge is 0.303 e. The standard InChI is InChI=1S/C18H34N2O2/c1-14(2)20-12-16(8-9-18(21)22)10-17(13-20)19-11-15-6-4-3-5-7-15/h14-17,19H,3-13H2,1-2H3,(H,21,22). The molecule has 2 rings (SSSR count). The molecular formula is C18H34N2O2. The number of hydrogen-bond donors (Lipinski definition) is 2. The first kappa shape index (κ1) is 17.7. The van der Waals surface area contributed by atoms with Crippen LogP contribution in [0, 0.1) is 11.8 Å². The van der Waals surface area contributed by atoms with Gasteiger partial charge in [0.25, 0.3) is 0 Å². The molecular weight excluding hydrogens is 276 g/mol. The van der Waals surface area contributed by atoms with E-state index in [9.17, 15) is 4.79 Å². The summed E-state index contributed by atoms with van der Waals surface area (Å²) in [5.41, 5.74) is 0. The monoisotopic (exact) mass is 310 g/mol. The zero-order valence-electron chi connectivity index (χ0n) is 14.4. The molecule has 4 nitrogen and oxygen atoms in total. The van der Waals surface area contributed by atoms with Crippen LogP contribution in [0.2, 0.25) is 0 Å². The third kappa shape index (κ3) is 5.88. The number of nitrogens with zero attached hydrogens (tertiary/aromatic N) is 1. The van der Waals surface area contributed by atoms with E-state index in [0.29, 0.717) is 24.4 Å². The van der Waals surface area contributed by atoms with Crippen LogP contribution in [0.15, 0.2) is 0 Å². The lowest BCUT2D eigenvalue weighted by Crippen LogP contribution is -2.52. The maximum Gasteiger partial charge on any atom is 0.303 e. The number of likely N-dealkylation sites (tertiary alicyclic amines) is 1. The highest BCUT2D eigenvalue weighted by molar-refractivity contribution is 5.66. The number of carbonyl (C=O) groups is 1. The lowest BCUT2D eigenvalue weighted by Gasteiger charge is -2.41. The third-order valence-electron chi connectivity index (χ3n) is 5.48. The van der Waals surface area contributed by atoms with Gasteiger partial charge in [0.05, 0.1) is 0 Å². The second-order valence-electron chi connectivity index (χ2n) is 7.69. The first-order valence-electron chi connectivity index (χ1n) is 9.23. The van der Waals surface area contributed by atoms with E-state index in [2.05, 4.69) is 24.1 Å². The largest absolute Gasteiger partial charge is 0.481 e. The highest BCUT2D eigenvalue weighted by Crippen LogP contribution is 2.25. The molecule has 0 aromatic rings. The second kappa shape index (κ2) is 8.88. The molecule has 1 aliphatic heterocycles. The zero-order valence-corrected chi connectivity index (χ0v) is 14.4. The molecule has 128 valence electrons. The number of nitrogens with one attached hydrogen (secondary N) is 1. The van der Waals surface area contributed by atoms with Crippen LogP contribution in [-0.4, -0.2) is 47.7 Å². The van der Waals surface area contributed by atoms with Gasteiger partial charge in [0.2, 0.25) is 0 Å². The molecule has 2 atom stereocenters. The molecule has 2 fully saturated rings. The Balaban J connectivity index is 1.80. The van der Waals surface area contributed by atoms with Crippen LogP contribution in [0.5, 0.6) is 0 Å². The van der Waals surface area contributed by atoms with E-state index in [0.717, 1.165) is 38.4 Å². The van der Waals surface area contributed by atoms with E-state index in [-0.39, 0.29) is 0 Å². The Kier molecular flexibility index (Phi) is 7.16. The average molecular weight is 310 g/mol. The first-order valence-corrected chi connectivity index (χ1v) is 9.23. The van der Waals surface area contributed by atoms with Gasteiger partial charge < -0.3 is 10.4 Å². The van der Waals surface area contributed by atoms with Crippen molar-refractivity contribution in [1.29, 1.82) is 0 Å². The van der Waals surface area contributed by atoms with Crippen LogP contribution < -0.4 is 5.32 Å². The number of rotatable bonds is 7. The Morgan fingerprint density at radius 2 is 1.91 bits per heavy atom. The van der Waals surface area contributed by atoms with Crippen LogP contribution in [0.1, 0.15) is 65.2 Å². The number of piperidine rings is 1. The number of hydrogen-bond acceptors (Lipinski definition) is 3. The zero-order chi connectivity index (χ0) is 15.9. The molecule has 0 aromatic heterocycles. The predicted octanol–water partition coefficient (Wildman–Crippen LogP) is 3.12. The molecule has 0 radical (unpaired) electrons. The van der Waals surface area contributed by atoms with Gasteiger partial charge in [0, 0.05) is 31.6 Å². The molecule has 0 aromatic carbocycles. The van der Waals surface area contributed by atoms with Crippen LogP contribution in [0.4, 0.5) is 0 Å². The molecule has 4 heteroatoms. The highest BCUT2D eigenvalue weighted by atomic mass is 16.4. The molecule has 2 aliphatic rings. The van der Waals surface area contributed by atoms with Crippen LogP contribution >= 0.6 is 0 Å². The van der Waals surface area contributed by atoms with Crippen molar-refractivity contribution in [2.75, 3.05) is 19.6 Å². The fraction of sp³-hybridized carbons (Fsp3) is 0.944. The summed E-state index contributed by atoms with van der Waals surface area (Å²) in [7, 11) is 0. The number of carboxylic acid groups (broad SMARTS) is 1. The fourth-order valence-corrected chi connectivity index (χ4v) is 4.07. The van der Waals surface area contributed by atoms with Crippen LogP contribution in [0.25, 0.3) is 0 Å². The van der Waals surface area contributed by atoms with Gasteiger partial charge in [-0.05, 0) is 57.9 Å². The van der Waals surface area contributed by atoms with Gasteiger partial charge in [0.15, 0.2) is 0 Å². The van der Waals surface area contributed by atoms with E-state index in [1.807, 2.05) is 0 Å². The third-order valence-corrected chi connectivity index (χ3v) is 5.48. The number of carboxylic acids is 1. The van der Waals surface area contributed by atoms with E-state index < -0.39 is 5.97 Å². The molecule has 1 saturated carbocycles. The Hall–Kier alpha value is -0.610. The van der Waals surface area contributed by atoms with Crippen molar-refractivity contribution in [3.63, 3.8) is 0 Å². The molecule has 22 heavy (non-hydrogen) atoms. The lowest BCUT2D eigenvalue weighted by atomic mass is 9.87. The van der Waals surface area contributed by atoms with Crippen molar-refractivity contribution in [3.05, 3.63) is 0 Å². The Bertz CT molecular complexity index is 340. The Labute approximate surface area is 135 Å². The molecule has 1 heterocycles. The fourth-order valence-electron chi connectivity index (χ4n) is 4.07. The van der Waals surface area contributed by atoms with Crippen molar-refractivity contribution in [2.45, 2.75) is 77.3 Å². The van der Waals surface area contributed by atoms with Crippen molar-refractivity contribution >= 4 is 5.97 Å². The van der Waals surface area contributed by atoms with Gasteiger partial charge in [-0.1, -0.05) is 19.3 Å². The molecule has 0 amide bonds. The van der Waals surface area contributed by atoms with Crippen LogP contribution in [0.3, 0.4) is 0 Å². The molecule has 2 N–H and O–H groups in total.